The van der Waals surface area contributed by atoms with Crippen LogP contribution in [-0.4, -0.2) is 22.2 Å². The number of amides is 1. The standard InChI is InChI=1S/C14H12ClN3O2/c1-9-6-12(15)7-11(13(9)19)8-17-18-14(20)10-2-4-16-5-3-10/h2-8,19H,1H3,(H,18,20)/b17-8-. The Morgan fingerprint density at radius 3 is 2.80 bits per heavy atom. The highest BCUT2D eigenvalue weighted by Crippen LogP contribution is 2.24. The van der Waals surface area contributed by atoms with Crippen LogP contribution in [0.5, 0.6) is 5.75 Å². The third-order valence-electron chi connectivity index (χ3n) is 2.61. The van der Waals surface area contributed by atoms with Crippen molar-refractivity contribution in [1.82, 2.24) is 10.4 Å². The largest absolute Gasteiger partial charge is 0.507 e. The molecular formula is C14H12ClN3O2. The van der Waals surface area contributed by atoms with Gasteiger partial charge in [0.25, 0.3) is 5.91 Å². The van der Waals surface area contributed by atoms with Gasteiger partial charge in [-0.2, -0.15) is 5.10 Å². The molecule has 0 atom stereocenters. The van der Waals surface area contributed by atoms with E-state index in [1.165, 1.54) is 18.6 Å². The molecule has 1 aromatic carbocycles. The van der Waals surface area contributed by atoms with Crippen LogP contribution in [0.4, 0.5) is 0 Å². The maximum Gasteiger partial charge on any atom is 0.271 e. The van der Waals surface area contributed by atoms with Gasteiger partial charge < -0.3 is 5.11 Å². The van der Waals surface area contributed by atoms with Crippen LogP contribution in [-0.2, 0) is 0 Å². The van der Waals surface area contributed by atoms with Crippen molar-refractivity contribution in [3.05, 3.63) is 58.4 Å². The van der Waals surface area contributed by atoms with E-state index in [4.69, 9.17) is 11.6 Å². The van der Waals surface area contributed by atoms with Crippen LogP contribution in [0.2, 0.25) is 5.02 Å². The molecule has 0 unspecified atom stereocenters. The number of aromatic hydroxyl groups is 1. The Balaban J connectivity index is 2.10. The molecule has 0 aliphatic rings. The van der Waals surface area contributed by atoms with E-state index < -0.39 is 0 Å². The highest BCUT2D eigenvalue weighted by Gasteiger charge is 2.05. The molecule has 2 N–H and O–H groups in total. The topological polar surface area (TPSA) is 74.6 Å². The van der Waals surface area contributed by atoms with Crippen molar-refractivity contribution in [1.29, 1.82) is 0 Å². The number of hydrazone groups is 1. The lowest BCUT2D eigenvalue weighted by molar-refractivity contribution is 0.0955. The Morgan fingerprint density at radius 2 is 2.10 bits per heavy atom. The molecule has 0 bridgehead atoms. The number of hydrogen-bond acceptors (Lipinski definition) is 4. The fraction of sp³-hybridized carbons (Fsp3) is 0.0714. The van der Waals surface area contributed by atoms with Gasteiger partial charge in [-0.05, 0) is 36.8 Å². The van der Waals surface area contributed by atoms with Gasteiger partial charge in [0.15, 0.2) is 0 Å². The number of carbonyl (C=O) groups excluding carboxylic acids is 1. The van der Waals surface area contributed by atoms with E-state index in [-0.39, 0.29) is 11.7 Å². The summed E-state index contributed by atoms with van der Waals surface area (Å²) in [6.07, 6.45) is 4.38. The van der Waals surface area contributed by atoms with Crippen molar-refractivity contribution < 1.29 is 9.90 Å². The summed E-state index contributed by atoms with van der Waals surface area (Å²) in [5.41, 5.74) is 3.88. The zero-order valence-electron chi connectivity index (χ0n) is 10.7. The molecule has 0 saturated carbocycles. The van der Waals surface area contributed by atoms with Gasteiger partial charge in [-0.1, -0.05) is 11.6 Å². The van der Waals surface area contributed by atoms with Crippen LogP contribution in [0.1, 0.15) is 21.5 Å². The van der Waals surface area contributed by atoms with Gasteiger partial charge >= 0.3 is 0 Å². The number of nitrogens with one attached hydrogen (secondary N) is 1. The van der Waals surface area contributed by atoms with E-state index in [1.54, 1.807) is 31.2 Å². The van der Waals surface area contributed by atoms with Crippen molar-refractivity contribution in [2.75, 3.05) is 0 Å². The lowest BCUT2D eigenvalue weighted by Crippen LogP contribution is -2.17. The monoisotopic (exact) mass is 289 g/mol. The molecule has 20 heavy (non-hydrogen) atoms. The lowest BCUT2D eigenvalue weighted by atomic mass is 10.1. The number of phenols is 1. The number of benzene rings is 1. The second kappa shape index (κ2) is 6.16. The van der Waals surface area contributed by atoms with E-state index in [0.29, 0.717) is 21.7 Å². The lowest BCUT2D eigenvalue weighted by Gasteiger charge is -2.04. The Kier molecular flexibility index (Phi) is 4.32. The Bertz CT molecular complexity index is 657. The zero-order valence-corrected chi connectivity index (χ0v) is 11.4. The van der Waals surface area contributed by atoms with Gasteiger partial charge in [-0.25, -0.2) is 5.43 Å². The first kappa shape index (κ1) is 14.0. The maximum absolute atomic E-state index is 11.7. The van der Waals surface area contributed by atoms with Crippen molar-refractivity contribution in [3.8, 4) is 5.75 Å². The fourth-order valence-electron chi connectivity index (χ4n) is 1.59. The molecule has 6 heteroatoms. The third kappa shape index (κ3) is 3.33. The molecule has 0 fully saturated rings. The zero-order chi connectivity index (χ0) is 14.5. The van der Waals surface area contributed by atoms with E-state index >= 15 is 0 Å². The first-order chi connectivity index (χ1) is 9.58. The van der Waals surface area contributed by atoms with E-state index in [9.17, 15) is 9.90 Å². The van der Waals surface area contributed by atoms with Gasteiger partial charge in [0.2, 0.25) is 0 Å². The molecule has 2 aromatic rings. The number of pyridine rings is 1. The number of phenolic OH excluding ortho intramolecular Hbond substituents is 1. The molecule has 0 radical (unpaired) electrons. The van der Waals surface area contributed by atoms with Crippen LogP contribution in [0.3, 0.4) is 0 Å². The normalized spacial score (nSPS) is 10.7. The SMILES string of the molecule is Cc1cc(Cl)cc(/C=N\NC(=O)c2ccncc2)c1O. The number of aryl methyl sites for hydroxylation is 1. The maximum atomic E-state index is 11.7. The molecule has 0 aliphatic heterocycles. The number of nitrogens with zero attached hydrogens (tertiary/aromatic N) is 2. The van der Waals surface area contributed by atoms with Gasteiger partial charge in [0.05, 0.1) is 6.21 Å². The number of aromatic nitrogens is 1. The Labute approximate surface area is 120 Å². The van der Waals surface area contributed by atoms with Crippen LogP contribution >= 0.6 is 11.6 Å². The van der Waals surface area contributed by atoms with Crippen LogP contribution in [0, 0.1) is 6.92 Å². The number of carbonyl (C=O) groups is 1. The summed E-state index contributed by atoms with van der Waals surface area (Å²) >= 11 is 5.89. The van der Waals surface area contributed by atoms with Gasteiger partial charge in [-0.3, -0.25) is 9.78 Å². The molecule has 1 amide bonds. The highest BCUT2D eigenvalue weighted by molar-refractivity contribution is 6.31. The van der Waals surface area contributed by atoms with Crippen LogP contribution < -0.4 is 5.43 Å². The van der Waals surface area contributed by atoms with Crippen LogP contribution in [0.15, 0.2) is 41.8 Å². The minimum atomic E-state index is -0.359. The van der Waals surface area contributed by atoms with E-state index in [0.717, 1.165) is 0 Å². The minimum absolute atomic E-state index is 0.0799. The average molecular weight is 290 g/mol. The summed E-state index contributed by atoms with van der Waals surface area (Å²) in [7, 11) is 0. The van der Waals surface area contributed by atoms with Crippen molar-refractivity contribution in [3.63, 3.8) is 0 Å². The molecular weight excluding hydrogens is 278 g/mol. The predicted octanol–water partition coefficient (Wildman–Crippen LogP) is 2.51. The van der Waals surface area contributed by atoms with E-state index in [2.05, 4.69) is 15.5 Å². The van der Waals surface area contributed by atoms with Gasteiger partial charge in [0, 0.05) is 28.5 Å². The van der Waals surface area contributed by atoms with Gasteiger partial charge in [-0.15, -0.1) is 0 Å². The van der Waals surface area contributed by atoms with Crippen molar-refractivity contribution >= 4 is 23.7 Å². The predicted molar refractivity (Wildman–Crippen MR) is 77.2 cm³/mol. The molecule has 0 spiro atoms. The summed E-state index contributed by atoms with van der Waals surface area (Å²) in [5.74, 6) is -0.279. The van der Waals surface area contributed by atoms with Crippen LogP contribution in [0.25, 0.3) is 0 Å². The molecule has 1 heterocycles. The Morgan fingerprint density at radius 1 is 1.40 bits per heavy atom. The first-order valence-electron chi connectivity index (χ1n) is 5.80. The van der Waals surface area contributed by atoms with Crippen molar-refractivity contribution in [2.24, 2.45) is 5.10 Å². The summed E-state index contributed by atoms with van der Waals surface area (Å²) in [6.45, 7) is 1.73. The number of rotatable bonds is 3. The molecule has 0 saturated heterocycles. The van der Waals surface area contributed by atoms with E-state index in [1.807, 2.05) is 0 Å². The first-order valence-corrected chi connectivity index (χ1v) is 6.18. The molecule has 1 aromatic heterocycles. The second-order valence-corrected chi connectivity index (χ2v) is 4.53. The summed E-state index contributed by atoms with van der Waals surface area (Å²) in [5, 5.41) is 14.1. The Hall–Kier alpha value is -2.40. The number of hydrogen-bond donors (Lipinski definition) is 2. The second-order valence-electron chi connectivity index (χ2n) is 4.10. The summed E-state index contributed by atoms with van der Waals surface area (Å²) < 4.78 is 0. The minimum Gasteiger partial charge on any atom is -0.507 e. The fourth-order valence-corrected chi connectivity index (χ4v) is 1.87. The average Bonchev–Trinajstić information content (AvgIpc) is 2.44. The quantitative estimate of drug-likeness (QED) is 0.673. The molecule has 5 nitrogen and oxygen atoms in total. The smallest absolute Gasteiger partial charge is 0.271 e. The molecule has 2 rings (SSSR count). The highest BCUT2D eigenvalue weighted by atomic mass is 35.5. The van der Waals surface area contributed by atoms with Gasteiger partial charge in [0.1, 0.15) is 5.75 Å². The van der Waals surface area contributed by atoms with Crippen molar-refractivity contribution in [2.45, 2.75) is 6.92 Å². The number of halogens is 1. The summed E-state index contributed by atoms with van der Waals surface area (Å²) in [4.78, 5) is 15.5. The molecule has 0 aliphatic carbocycles. The summed E-state index contributed by atoms with van der Waals surface area (Å²) in [6, 6.07) is 6.35. The molecule has 102 valence electrons. The third-order valence-corrected chi connectivity index (χ3v) is 2.83.